The van der Waals surface area contributed by atoms with Crippen molar-refractivity contribution in [3.63, 3.8) is 0 Å². The lowest BCUT2D eigenvalue weighted by molar-refractivity contribution is -0.137. The molecule has 0 unspecified atom stereocenters. The summed E-state index contributed by atoms with van der Waals surface area (Å²) in [5.74, 6) is -0.876. The van der Waals surface area contributed by atoms with E-state index in [4.69, 9.17) is 10.8 Å². The summed E-state index contributed by atoms with van der Waals surface area (Å²) >= 11 is 0. The Labute approximate surface area is 114 Å². The lowest BCUT2D eigenvalue weighted by Gasteiger charge is -2.14. The van der Waals surface area contributed by atoms with Gasteiger partial charge >= 0.3 is 5.97 Å². The number of hydrogen-bond donors (Lipinski definition) is 2. The normalized spacial score (nSPS) is 10.8. The molecule has 3 N–H and O–H groups in total. The van der Waals surface area contributed by atoms with Gasteiger partial charge in [0.05, 0.1) is 6.42 Å². The van der Waals surface area contributed by atoms with Crippen LogP contribution in [0.2, 0.25) is 0 Å². The van der Waals surface area contributed by atoms with Gasteiger partial charge < -0.3 is 15.7 Å². The maximum absolute atomic E-state index is 10.5. The highest BCUT2D eigenvalue weighted by Crippen LogP contribution is 2.18. The van der Waals surface area contributed by atoms with Crippen LogP contribution in [0.5, 0.6) is 0 Å². The summed E-state index contributed by atoms with van der Waals surface area (Å²) in [5.41, 5.74) is 7.65. The van der Waals surface area contributed by atoms with E-state index in [-0.39, 0.29) is 31.2 Å². The predicted octanol–water partition coefficient (Wildman–Crippen LogP) is 2.07. The molecule has 1 rings (SSSR count). The Bertz CT molecular complexity index is 342. The first-order valence-electron chi connectivity index (χ1n) is 4.75. The van der Waals surface area contributed by atoms with Crippen LogP contribution in [-0.4, -0.2) is 25.2 Å². The van der Waals surface area contributed by atoms with Crippen LogP contribution < -0.4 is 10.6 Å². The van der Waals surface area contributed by atoms with Crippen LogP contribution in [0, 0.1) is 0 Å². The molecule has 1 aromatic carbocycles. The average molecular weight is 281 g/mol. The standard InChI is InChI=1S/C11H16N2O2.2ClH/c1-13(2)9-5-3-8(4-6-9)10(12)7-11(14)15;;/h3-6,10H,7,12H2,1-2H3,(H,14,15);2*1H/t10-;;/m0../s1. The molecular formula is C11H18Cl2N2O2. The van der Waals surface area contributed by atoms with Crippen molar-refractivity contribution >= 4 is 36.5 Å². The summed E-state index contributed by atoms with van der Waals surface area (Å²) in [5, 5.41) is 8.60. The van der Waals surface area contributed by atoms with Crippen molar-refractivity contribution in [1.82, 2.24) is 0 Å². The van der Waals surface area contributed by atoms with Crippen molar-refractivity contribution in [2.75, 3.05) is 19.0 Å². The minimum Gasteiger partial charge on any atom is -0.481 e. The van der Waals surface area contributed by atoms with Crippen LogP contribution in [0.3, 0.4) is 0 Å². The summed E-state index contributed by atoms with van der Waals surface area (Å²) in [7, 11) is 3.90. The van der Waals surface area contributed by atoms with E-state index in [1.54, 1.807) is 0 Å². The number of carboxylic acid groups (broad SMARTS) is 1. The highest BCUT2D eigenvalue weighted by atomic mass is 35.5. The first-order chi connectivity index (χ1) is 7.00. The van der Waals surface area contributed by atoms with Crippen molar-refractivity contribution in [3.8, 4) is 0 Å². The van der Waals surface area contributed by atoms with Gasteiger partial charge in [0.25, 0.3) is 0 Å². The molecule has 0 spiro atoms. The molecule has 4 nitrogen and oxygen atoms in total. The molecule has 0 aliphatic carbocycles. The zero-order chi connectivity index (χ0) is 11.4. The number of anilines is 1. The van der Waals surface area contributed by atoms with E-state index >= 15 is 0 Å². The molecule has 0 heterocycles. The van der Waals surface area contributed by atoms with Gasteiger partial charge in [-0.2, -0.15) is 0 Å². The van der Waals surface area contributed by atoms with E-state index in [1.807, 2.05) is 43.3 Å². The Morgan fingerprint density at radius 3 is 2.12 bits per heavy atom. The first kappa shape index (κ1) is 18.4. The zero-order valence-corrected chi connectivity index (χ0v) is 11.4. The highest BCUT2D eigenvalue weighted by Gasteiger charge is 2.10. The van der Waals surface area contributed by atoms with Gasteiger partial charge in [-0.1, -0.05) is 12.1 Å². The largest absolute Gasteiger partial charge is 0.481 e. The van der Waals surface area contributed by atoms with Crippen LogP contribution in [0.4, 0.5) is 5.69 Å². The fourth-order valence-corrected chi connectivity index (χ4v) is 1.33. The van der Waals surface area contributed by atoms with Gasteiger partial charge in [-0.25, -0.2) is 0 Å². The van der Waals surface area contributed by atoms with E-state index in [1.165, 1.54) is 0 Å². The van der Waals surface area contributed by atoms with Crippen LogP contribution >= 0.6 is 24.8 Å². The van der Waals surface area contributed by atoms with Crippen molar-refractivity contribution in [2.45, 2.75) is 12.5 Å². The molecule has 0 aliphatic heterocycles. The average Bonchev–Trinajstić information content (AvgIpc) is 2.17. The maximum Gasteiger partial charge on any atom is 0.305 e. The molecule has 0 saturated heterocycles. The molecule has 0 radical (unpaired) electrons. The molecule has 1 atom stereocenters. The van der Waals surface area contributed by atoms with Crippen molar-refractivity contribution < 1.29 is 9.90 Å². The minimum absolute atomic E-state index is 0. The summed E-state index contributed by atoms with van der Waals surface area (Å²) < 4.78 is 0. The first-order valence-corrected chi connectivity index (χ1v) is 4.75. The predicted molar refractivity (Wildman–Crippen MR) is 74.4 cm³/mol. The smallest absolute Gasteiger partial charge is 0.305 e. The van der Waals surface area contributed by atoms with E-state index in [0.717, 1.165) is 11.3 Å². The summed E-state index contributed by atoms with van der Waals surface area (Å²) in [4.78, 5) is 12.4. The van der Waals surface area contributed by atoms with E-state index < -0.39 is 12.0 Å². The molecule has 6 heteroatoms. The molecule has 0 saturated carbocycles. The zero-order valence-electron chi connectivity index (χ0n) is 9.79. The van der Waals surface area contributed by atoms with Crippen molar-refractivity contribution in [1.29, 1.82) is 0 Å². The number of benzene rings is 1. The lowest BCUT2D eigenvalue weighted by Crippen LogP contribution is -2.15. The molecule has 0 bridgehead atoms. The lowest BCUT2D eigenvalue weighted by atomic mass is 10.0. The SMILES string of the molecule is CN(C)c1ccc([C@@H](N)CC(=O)O)cc1.Cl.Cl. The fourth-order valence-electron chi connectivity index (χ4n) is 1.33. The third-order valence-electron chi connectivity index (χ3n) is 2.23. The Kier molecular flexibility index (Phi) is 8.84. The quantitative estimate of drug-likeness (QED) is 0.886. The molecule has 0 aliphatic rings. The van der Waals surface area contributed by atoms with Crippen LogP contribution in [0.15, 0.2) is 24.3 Å². The molecular weight excluding hydrogens is 263 g/mol. The van der Waals surface area contributed by atoms with Gasteiger partial charge in [-0.3, -0.25) is 4.79 Å². The molecule has 1 aromatic rings. The number of carbonyl (C=O) groups is 1. The van der Waals surface area contributed by atoms with E-state index in [0.29, 0.717) is 0 Å². The molecule has 0 fully saturated rings. The summed E-state index contributed by atoms with van der Waals surface area (Å²) in [6.45, 7) is 0. The highest BCUT2D eigenvalue weighted by molar-refractivity contribution is 5.85. The Morgan fingerprint density at radius 1 is 1.29 bits per heavy atom. The molecule has 98 valence electrons. The monoisotopic (exact) mass is 280 g/mol. The number of halogens is 2. The third-order valence-corrected chi connectivity index (χ3v) is 2.23. The third kappa shape index (κ3) is 5.77. The number of aliphatic carboxylic acids is 1. The second-order valence-electron chi connectivity index (χ2n) is 3.69. The van der Waals surface area contributed by atoms with Gasteiger partial charge in [-0.15, -0.1) is 24.8 Å². The topological polar surface area (TPSA) is 66.6 Å². The van der Waals surface area contributed by atoms with Crippen LogP contribution in [-0.2, 0) is 4.79 Å². The number of rotatable bonds is 4. The number of carboxylic acids is 1. The summed E-state index contributed by atoms with van der Waals surface area (Å²) in [6.07, 6.45) is -0.0404. The molecule has 0 amide bonds. The Hall–Kier alpha value is -0.970. The van der Waals surface area contributed by atoms with Gasteiger partial charge in [0.15, 0.2) is 0 Å². The second-order valence-corrected chi connectivity index (χ2v) is 3.69. The number of nitrogens with zero attached hydrogens (tertiary/aromatic N) is 1. The van der Waals surface area contributed by atoms with E-state index in [9.17, 15) is 4.79 Å². The van der Waals surface area contributed by atoms with Crippen molar-refractivity contribution in [2.24, 2.45) is 5.73 Å². The molecule has 17 heavy (non-hydrogen) atoms. The maximum atomic E-state index is 10.5. The summed E-state index contributed by atoms with van der Waals surface area (Å²) in [6, 6.07) is 7.15. The molecule has 0 aromatic heterocycles. The van der Waals surface area contributed by atoms with E-state index in [2.05, 4.69) is 0 Å². The number of hydrogen-bond acceptors (Lipinski definition) is 3. The Morgan fingerprint density at radius 2 is 1.76 bits per heavy atom. The van der Waals surface area contributed by atoms with Crippen LogP contribution in [0.25, 0.3) is 0 Å². The van der Waals surface area contributed by atoms with Crippen LogP contribution in [0.1, 0.15) is 18.0 Å². The van der Waals surface area contributed by atoms with Gasteiger partial charge in [-0.05, 0) is 17.7 Å². The number of nitrogens with two attached hydrogens (primary N) is 1. The van der Waals surface area contributed by atoms with Gasteiger partial charge in [0.2, 0.25) is 0 Å². The second kappa shape index (κ2) is 8.17. The van der Waals surface area contributed by atoms with Gasteiger partial charge in [0.1, 0.15) is 0 Å². The van der Waals surface area contributed by atoms with Gasteiger partial charge in [0, 0.05) is 25.8 Å². The minimum atomic E-state index is -0.876. The Balaban J connectivity index is 0. The fraction of sp³-hybridized carbons (Fsp3) is 0.364. The van der Waals surface area contributed by atoms with Crippen molar-refractivity contribution in [3.05, 3.63) is 29.8 Å².